The fraction of sp³-hybridized carbons (Fsp3) is 1.00. The predicted molar refractivity (Wildman–Crippen MR) is 363 cm³/mol. The SMILES string of the molecule is C.CC.CC.CC.CC.CC.CC.C[C@H]1C[C@H](OP(=O)(O)OC[C@H]2O[C@@H](C)C[C@@H]2OP(=O)(O)OC[C@H]2O[C@@H](C)C[C@@H]2OP(C)(=O)O)[C@@H](OP(C)(=O)O)O1.C[C@H]1C[C@H](OP(=O)(O)OC[C@H]2O[C@@H](C)C[C@@H]2OP(C)(=O)O)[C@@H](OP(C)(=O)O)O1.C[C@H]1C[C@H](OP(C)(=O)O)[C@@H](OP(C)(=O)O)O1. The highest BCUT2D eigenvalue weighted by molar-refractivity contribution is 7.53. The van der Waals surface area contributed by atoms with Crippen LogP contribution in [0.4, 0.5) is 0 Å². The molecule has 0 aromatic carbocycles. The molecule has 0 aliphatic carbocycles. The number of hydrogen-bond acceptors (Lipinski definition) is 27. The van der Waals surface area contributed by atoms with Gasteiger partial charge in [-0.15, -0.1) is 0 Å². The van der Waals surface area contributed by atoms with Gasteiger partial charge in [-0.05, 0) is 41.5 Å². The summed E-state index contributed by atoms with van der Waals surface area (Å²) < 4.78 is 198. The fourth-order valence-electron chi connectivity index (χ4n) is 8.96. The van der Waals surface area contributed by atoms with E-state index in [0.717, 1.165) is 40.0 Å². The molecule has 590 valence electrons. The monoisotopic (exact) mass is 1600 g/mol. The van der Waals surface area contributed by atoms with Crippen molar-refractivity contribution in [1.82, 2.24) is 0 Å². The van der Waals surface area contributed by atoms with Crippen molar-refractivity contribution < 1.29 is 168 Å². The first-order valence-electron chi connectivity index (χ1n) is 31.7. The topological polar surface area (TPSA) is 502 Å². The van der Waals surface area contributed by atoms with Gasteiger partial charge in [0, 0.05) is 78.5 Å². The number of phosphoric acid groups is 3. The Balaban J connectivity index is -0.000000659. The molecule has 0 aromatic rings. The molecule has 45 heteroatoms. The number of rotatable bonds is 27. The van der Waals surface area contributed by atoms with E-state index in [1.165, 1.54) is 0 Å². The van der Waals surface area contributed by atoms with Crippen LogP contribution in [0.15, 0.2) is 0 Å². The second-order valence-corrected chi connectivity index (χ2v) is 36.2. The summed E-state index contributed by atoms with van der Waals surface area (Å²) in [6.45, 7) is 38.6. The summed E-state index contributed by atoms with van der Waals surface area (Å²) >= 11 is 0. The van der Waals surface area contributed by atoms with Gasteiger partial charge in [-0.2, -0.15) is 0 Å². The van der Waals surface area contributed by atoms with Crippen LogP contribution in [0, 0.1) is 0 Å². The molecule has 9 unspecified atom stereocenters. The summed E-state index contributed by atoms with van der Waals surface area (Å²) in [6, 6.07) is 0. The standard InChI is InChI=1S/C19H38O17P4.C13H27O12P3.C7H16O7P2.6C2H6.CH4/c1-11-6-14(33-37(4,20)21)17(30-11)9-28-39(24,25)34-15-7-12(2)31-18(15)10-29-40(26,27)35-16-8-13(3)32-19(16)36-38(5,22)23;1-8-5-10(23-26(3,14)15)12(21-8)7-20-28(18,19)24-11-6-9(2)22-13(11)25-27(4,16)17;1-5-4-6(13-15(2,8)9)7(12-5)14-16(3,10)11;6*1-2;/h11-19H,6-10H2,1-5H3,(H,20,21)(H,22,23)(H,24,25)(H,26,27);8-13H,5-7H2,1-4H3,(H,14,15)(H,16,17)(H,18,19);5-7H,4H2,1-3H3,(H,8,9)(H,10,11);6*1-2H3;1H4/t11-,12-,13-,14-,15-,16-,17+,18+,19+;8-,9-,10-,11-,12+,13+;5-,6-,7+;;;;;;;/m000......./s1. The van der Waals surface area contributed by atoms with Crippen molar-refractivity contribution in [2.45, 2.75) is 281 Å². The Labute approximate surface area is 575 Å². The van der Waals surface area contributed by atoms with Crippen molar-refractivity contribution in [2.24, 2.45) is 0 Å². The van der Waals surface area contributed by atoms with E-state index in [4.69, 9.17) is 92.5 Å². The van der Waals surface area contributed by atoms with E-state index < -0.39 is 181 Å². The zero-order chi connectivity index (χ0) is 76.0. The maximum absolute atomic E-state index is 12.7. The molecule has 6 rings (SSSR count). The first kappa shape index (κ1) is 104. The Hall–Kier alpha value is 0.990. The normalized spacial score (nSPS) is 35.0. The van der Waals surface area contributed by atoms with Gasteiger partial charge in [0.1, 0.15) is 42.7 Å². The molecule has 0 saturated carbocycles. The van der Waals surface area contributed by atoms with Crippen molar-refractivity contribution in [1.29, 1.82) is 0 Å². The lowest BCUT2D eigenvalue weighted by molar-refractivity contribution is -0.109. The van der Waals surface area contributed by atoms with Crippen LogP contribution in [0.25, 0.3) is 0 Å². The molecular formula is C52H121O36P9. The Morgan fingerprint density at radius 3 is 0.629 bits per heavy atom. The van der Waals surface area contributed by atoms with Gasteiger partial charge in [-0.25, -0.2) is 13.7 Å². The van der Waals surface area contributed by atoms with Crippen LogP contribution in [0.1, 0.15) is 171 Å². The predicted octanol–water partition coefficient (Wildman–Crippen LogP) is 12.3. The molecule has 0 amide bonds. The Morgan fingerprint density at radius 2 is 0.423 bits per heavy atom. The second-order valence-electron chi connectivity index (χ2n) is 21.1. The van der Waals surface area contributed by atoms with Gasteiger partial charge in [-0.1, -0.05) is 90.5 Å². The maximum atomic E-state index is 12.7. The van der Waals surface area contributed by atoms with Gasteiger partial charge in [0.25, 0.3) is 0 Å². The van der Waals surface area contributed by atoms with Crippen LogP contribution in [0.3, 0.4) is 0 Å². The van der Waals surface area contributed by atoms with Gasteiger partial charge in [0.15, 0.2) is 18.9 Å². The van der Waals surface area contributed by atoms with Gasteiger partial charge in [-0.3, -0.25) is 68.1 Å². The van der Waals surface area contributed by atoms with Gasteiger partial charge in [0.2, 0.25) is 0 Å². The van der Waals surface area contributed by atoms with E-state index in [2.05, 4.69) is 0 Å². The molecule has 6 aliphatic heterocycles. The highest BCUT2D eigenvalue weighted by Crippen LogP contribution is 2.55. The minimum atomic E-state index is -4.78. The first-order valence-corrected chi connectivity index (χ1v) is 48.4. The lowest BCUT2D eigenvalue weighted by atomic mass is 10.1. The molecule has 27 atom stereocenters. The van der Waals surface area contributed by atoms with Gasteiger partial charge < -0.3 is 86.0 Å². The third-order valence-corrected chi connectivity index (χ3v) is 18.6. The number of phosphoric ester groups is 3. The average molecular weight is 1600 g/mol. The number of ether oxygens (including phenoxy) is 6. The first-order chi connectivity index (χ1) is 43.9. The molecule has 6 saturated heterocycles. The Kier molecular flexibility index (Phi) is 52.0. The van der Waals surface area contributed by atoms with Crippen LogP contribution in [0.2, 0.25) is 0 Å². The summed E-state index contributed by atoms with van der Waals surface area (Å²) in [5.41, 5.74) is 0. The summed E-state index contributed by atoms with van der Waals surface area (Å²) in [6.07, 6.45) is -13.4. The summed E-state index contributed by atoms with van der Waals surface area (Å²) in [5, 5.41) is 0. The third-order valence-electron chi connectivity index (χ3n) is 11.8. The van der Waals surface area contributed by atoms with E-state index in [-0.39, 0.29) is 51.4 Å². The van der Waals surface area contributed by atoms with Crippen molar-refractivity contribution in [2.75, 3.05) is 59.8 Å². The molecule has 6 heterocycles. The second kappa shape index (κ2) is 48.3. The van der Waals surface area contributed by atoms with Crippen LogP contribution in [0.5, 0.6) is 0 Å². The zero-order valence-corrected chi connectivity index (χ0v) is 67.9. The van der Waals surface area contributed by atoms with Crippen molar-refractivity contribution in [3.05, 3.63) is 0 Å². The third kappa shape index (κ3) is 47.3. The van der Waals surface area contributed by atoms with Gasteiger partial charge >= 0.3 is 69.0 Å². The lowest BCUT2D eigenvalue weighted by Crippen LogP contribution is -2.31. The quantitative estimate of drug-likeness (QED) is 0.0345. The molecule has 97 heavy (non-hydrogen) atoms. The minimum absolute atomic E-state index is 0. The average Bonchev–Trinajstić information content (AvgIpc) is 1.75. The smallest absolute Gasteiger partial charge is 0.370 e. The maximum Gasteiger partial charge on any atom is 0.472 e. The lowest BCUT2D eigenvalue weighted by Gasteiger charge is -2.25. The van der Waals surface area contributed by atoms with Crippen molar-refractivity contribution in [3.8, 4) is 0 Å². The van der Waals surface area contributed by atoms with Crippen LogP contribution < -0.4 is 0 Å². The van der Waals surface area contributed by atoms with E-state index in [0.29, 0.717) is 12.8 Å². The Bertz CT molecular complexity index is 2540. The van der Waals surface area contributed by atoms with E-state index in [9.17, 15) is 75.3 Å². The highest BCUT2D eigenvalue weighted by atomic mass is 31.2. The fourth-order valence-corrected chi connectivity index (χ4v) is 15.6. The van der Waals surface area contributed by atoms with E-state index in [1.54, 1.807) is 41.5 Å². The molecule has 6 fully saturated rings. The Morgan fingerprint density at radius 1 is 0.268 bits per heavy atom. The molecular weight excluding hydrogens is 1480 g/mol. The van der Waals surface area contributed by atoms with Crippen molar-refractivity contribution in [3.63, 3.8) is 0 Å². The van der Waals surface area contributed by atoms with Gasteiger partial charge in [0.05, 0.1) is 68.7 Å². The number of hydrogen-bond donors (Lipinski definition) is 9. The summed E-state index contributed by atoms with van der Waals surface area (Å²) in [4.78, 5) is 86.3. The van der Waals surface area contributed by atoms with Crippen LogP contribution in [-0.2, 0) is 124 Å². The largest absolute Gasteiger partial charge is 0.472 e. The van der Waals surface area contributed by atoms with Crippen LogP contribution in [-0.4, -0.2) is 214 Å². The van der Waals surface area contributed by atoms with Crippen molar-refractivity contribution >= 4 is 69.0 Å². The van der Waals surface area contributed by atoms with E-state index >= 15 is 0 Å². The molecule has 6 aliphatic rings. The highest BCUT2D eigenvalue weighted by Gasteiger charge is 2.48. The molecule has 0 spiro atoms. The molecule has 36 nitrogen and oxygen atoms in total. The van der Waals surface area contributed by atoms with Crippen LogP contribution >= 0.6 is 69.0 Å². The summed E-state index contributed by atoms with van der Waals surface area (Å²) in [7, 11) is -37.1. The summed E-state index contributed by atoms with van der Waals surface area (Å²) in [5.74, 6) is 0. The molecule has 0 bridgehead atoms. The molecule has 0 radical (unpaired) electrons. The minimum Gasteiger partial charge on any atom is -0.370 e. The zero-order valence-electron chi connectivity index (χ0n) is 59.8. The molecule has 9 N–H and O–H groups in total. The molecule has 0 aromatic heterocycles. The van der Waals surface area contributed by atoms with E-state index in [1.807, 2.05) is 83.1 Å².